The van der Waals surface area contributed by atoms with Crippen LogP contribution < -0.4 is 10.1 Å². The zero-order valence-corrected chi connectivity index (χ0v) is 9.83. The van der Waals surface area contributed by atoms with Crippen molar-refractivity contribution in [1.29, 1.82) is 0 Å². The second-order valence-corrected chi connectivity index (χ2v) is 3.78. The molecule has 1 aromatic heterocycles. The molecule has 1 N–H and O–H groups in total. The van der Waals surface area contributed by atoms with E-state index in [1.807, 2.05) is 0 Å². The normalized spacial score (nSPS) is 10.1. The quantitative estimate of drug-likeness (QED) is 0.906. The van der Waals surface area contributed by atoms with Gasteiger partial charge in [0, 0.05) is 18.0 Å². The lowest BCUT2D eigenvalue weighted by Gasteiger charge is -2.08. The van der Waals surface area contributed by atoms with Crippen molar-refractivity contribution in [3.05, 3.63) is 47.4 Å². The third-order valence-corrected chi connectivity index (χ3v) is 2.35. The third-order valence-electron chi connectivity index (χ3n) is 2.14. The monoisotopic (exact) mass is 252 g/mol. The van der Waals surface area contributed by atoms with Crippen LogP contribution in [0.25, 0.3) is 0 Å². The molecule has 0 unspecified atom stereocenters. The fourth-order valence-corrected chi connectivity index (χ4v) is 1.49. The van der Waals surface area contributed by atoms with Crippen LogP contribution in [0.4, 0.5) is 15.9 Å². The van der Waals surface area contributed by atoms with Gasteiger partial charge in [-0.2, -0.15) is 0 Å². The summed E-state index contributed by atoms with van der Waals surface area (Å²) in [6, 6.07) is 8.34. The molecule has 5 heteroatoms. The van der Waals surface area contributed by atoms with Crippen LogP contribution >= 0.6 is 11.6 Å². The summed E-state index contributed by atoms with van der Waals surface area (Å²) < 4.78 is 18.5. The minimum Gasteiger partial charge on any atom is -0.497 e. The van der Waals surface area contributed by atoms with E-state index in [1.54, 1.807) is 31.4 Å². The molecule has 1 aromatic carbocycles. The van der Waals surface area contributed by atoms with Gasteiger partial charge in [-0.1, -0.05) is 17.7 Å². The molecule has 1 heterocycles. The topological polar surface area (TPSA) is 34.1 Å². The van der Waals surface area contributed by atoms with Crippen LogP contribution in [0.1, 0.15) is 0 Å². The van der Waals surface area contributed by atoms with Gasteiger partial charge in [0.1, 0.15) is 5.75 Å². The van der Waals surface area contributed by atoms with Crippen molar-refractivity contribution >= 4 is 23.1 Å². The van der Waals surface area contributed by atoms with Crippen LogP contribution in [0.2, 0.25) is 5.02 Å². The number of anilines is 2. The fourth-order valence-electron chi connectivity index (χ4n) is 1.34. The van der Waals surface area contributed by atoms with Gasteiger partial charge in [-0.05, 0) is 18.2 Å². The molecule has 0 aliphatic carbocycles. The van der Waals surface area contributed by atoms with Crippen LogP contribution in [-0.2, 0) is 0 Å². The first-order valence-electron chi connectivity index (χ1n) is 4.91. The summed E-state index contributed by atoms with van der Waals surface area (Å²) in [7, 11) is 1.57. The molecule has 0 spiro atoms. The predicted molar refractivity (Wildman–Crippen MR) is 65.5 cm³/mol. The predicted octanol–water partition coefficient (Wildman–Crippen LogP) is 3.63. The molecule has 0 fully saturated rings. The molecule has 0 bridgehead atoms. The second-order valence-electron chi connectivity index (χ2n) is 3.34. The van der Waals surface area contributed by atoms with Gasteiger partial charge in [-0.3, -0.25) is 0 Å². The van der Waals surface area contributed by atoms with E-state index >= 15 is 0 Å². The first kappa shape index (κ1) is 11.7. The van der Waals surface area contributed by atoms with Crippen molar-refractivity contribution in [2.45, 2.75) is 0 Å². The number of rotatable bonds is 3. The number of benzene rings is 1. The van der Waals surface area contributed by atoms with E-state index in [0.717, 1.165) is 0 Å². The summed E-state index contributed by atoms with van der Waals surface area (Å²) in [6.45, 7) is 0. The highest BCUT2D eigenvalue weighted by Gasteiger charge is 2.05. The molecule has 0 saturated carbocycles. The highest BCUT2D eigenvalue weighted by molar-refractivity contribution is 6.30. The average molecular weight is 253 g/mol. The van der Waals surface area contributed by atoms with Crippen molar-refractivity contribution in [3.8, 4) is 5.75 Å². The molecule has 17 heavy (non-hydrogen) atoms. The molecular formula is C12H10ClFN2O. The maximum absolute atomic E-state index is 13.5. The van der Waals surface area contributed by atoms with E-state index in [2.05, 4.69) is 10.3 Å². The number of hydrogen-bond donors (Lipinski definition) is 1. The lowest BCUT2D eigenvalue weighted by Crippen LogP contribution is -1.97. The van der Waals surface area contributed by atoms with Gasteiger partial charge in [-0.15, -0.1) is 0 Å². The molecule has 3 nitrogen and oxygen atoms in total. The number of nitrogens with one attached hydrogen (secondary N) is 1. The largest absolute Gasteiger partial charge is 0.497 e. The Kier molecular flexibility index (Phi) is 3.44. The first-order valence-corrected chi connectivity index (χ1v) is 5.29. The SMILES string of the molecule is COc1cccc(Nc2ncc(Cl)cc2F)c1. The summed E-state index contributed by atoms with van der Waals surface area (Å²) in [4.78, 5) is 3.87. The number of ether oxygens (including phenoxy) is 1. The maximum atomic E-state index is 13.5. The smallest absolute Gasteiger partial charge is 0.167 e. The zero-order valence-electron chi connectivity index (χ0n) is 9.08. The first-order chi connectivity index (χ1) is 8.19. The Morgan fingerprint density at radius 3 is 2.88 bits per heavy atom. The van der Waals surface area contributed by atoms with Crippen LogP contribution in [0, 0.1) is 5.82 Å². The van der Waals surface area contributed by atoms with Gasteiger partial charge in [0.15, 0.2) is 11.6 Å². The standard InChI is InChI=1S/C12H10ClFN2O/c1-17-10-4-2-3-9(6-10)16-12-11(14)5-8(13)7-15-12/h2-7H,1H3,(H,15,16). The van der Waals surface area contributed by atoms with E-state index in [9.17, 15) is 4.39 Å². The van der Waals surface area contributed by atoms with Crippen LogP contribution in [-0.4, -0.2) is 12.1 Å². The zero-order chi connectivity index (χ0) is 12.3. The summed E-state index contributed by atoms with van der Waals surface area (Å²) in [5.41, 5.74) is 0.693. The number of methoxy groups -OCH3 is 1. The van der Waals surface area contributed by atoms with Crippen molar-refractivity contribution in [1.82, 2.24) is 4.98 Å². The molecule has 88 valence electrons. The van der Waals surface area contributed by atoms with Crippen molar-refractivity contribution in [2.24, 2.45) is 0 Å². The highest BCUT2D eigenvalue weighted by Crippen LogP contribution is 2.22. The molecule has 0 saturated heterocycles. The Balaban J connectivity index is 2.25. The van der Waals surface area contributed by atoms with Crippen LogP contribution in [0.5, 0.6) is 5.75 Å². The number of halogens is 2. The van der Waals surface area contributed by atoms with Crippen molar-refractivity contribution in [2.75, 3.05) is 12.4 Å². The second kappa shape index (κ2) is 5.01. The molecule has 0 aliphatic rings. The van der Waals surface area contributed by atoms with Gasteiger partial charge >= 0.3 is 0 Å². The van der Waals surface area contributed by atoms with Crippen molar-refractivity contribution in [3.63, 3.8) is 0 Å². The number of hydrogen-bond acceptors (Lipinski definition) is 3. The molecule has 0 amide bonds. The number of aromatic nitrogens is 1. The Labute approximate surface area is 103 Å². The Hall–Kier alpha value is -1.81. The highest BCUT2D eigenvalue weighted by atomic mass is 35.5. The minimum absolute atomic E-state index is 0.127. The minimum atomic E-state index is -0.500. The van der Waals surface area contributed by atoms with E-state index < -0.39 is 5.82 Å². The fraction of sp³-hybridized carbons (Fsp3) is 0.0833. The summed E-state index contributed by atoms with van der Waals surface area (Å²) in [5, 5.41) is 3.11. The number of nitrogens with zero attached hydrogens (tertiary/aromatic N) is 1. The Morgan fingerprint density at radius 1 is 1.35 bits per heavy atom. The molecular weight excluding hydrogens is 243 g/mol. The molecule has 2 aromatic rings. The van der Waals surface area contributed by atoms with Crippen molar-refractivity contribution < 1.29 is 9.13 Å². The van der Waals surface area contributed by atoms with Crippen LogP contribution in [0.3, 0.4) is 0 Å². The van der Waals surface area contributed by atoms with E-state index in [0.29, 0.717) is 11.4 Å². The molecule has 2 rings (SSSR count). The maximum Gasteiger partial charge on any atom is 0.167 e. The Morgan fingerprint density at radius 2 is 2.18 bits per heavy atom. The van der Waals surface area contributed by atoms with Gasteiger partial charge < -0.3 is 10.1 Å². The van der Waals surface area contributed by atoms with E-state index in [4.69, 9.17) is 16.3 Å². The van der Waals surface area contributed by atoms with Gasteiger partial charge in [0.2, 0.25) is 0 Å². The average Bonchev–Trinajstić information content (AvgIpc) is 2.33. The van der Waals surface area contributed by atoms with Crippen LogP contribution in [0.15, 0.2) is 36.5 Å². The molecule has 0 atom stereocenters. The summed E-state index contributed by atoms with van der Waals surface area (Å²) in [6.07, 6.45) is 1.38. The van der Waals surface area contributed by atoms with E-state index in [1.165, 1.54) is 12.3 Å². The summed E-state index contributed by atoms with van der Waals surface area (Å²) in [5.74, 6) is 0.312. The molecule has 0 aliphatic heterocycles. The third kappa shape index (κ3) is 2.85. The van der Waals surface area contributed by atoms with E-state index in [-0.39, 0.29) is 10.8 Å². The van der Waals surface area contributed by atoms with Gasteiger partial charge in [0.05, 0.1) is 12.1 Å². The lowest BCUT2D eigenvalue weighted by atomic mass is 10.3. The molecule has 0 radical (unpaired) electrons. The lowest BCUT2D eigenvalue weighted by molar-refractivity contribution is 0.415. The van der Waals surface area contributed by atoms with Gasteiger partial charge in [-0.25, -0.2) is 9.37 Å². The summed E-state index contributed by atoms with van der Waals surface area (Å²) >= 11 is 5.62. The number of pyridine rings is 1. The Bertz CT molecular complexity index is 534. The van der Waals surface area contributed by atoms with Gasteiger partial charge in [0.25, 0.3) is 0 Å².